The van der Waals surface area contributed by atoms with Crippen LogP contribution in [0.25, 0.3) is 21.5 Å². The molecule has 0 saturated carbocycles. The van der Waals surface area contributed by atoms with Gasteiger partial charge in [0.15, 0.2) is 0 Å². The van der Waals surface area contributed by atoms with E-state index in [2.05, 4.69) is 54.6 Å². The molecule has 0 fully saturated rings. The zero-order valence-corrected chi connectivity index (χ0v) is 12.6. The van der Waals surface area contributed by atoms with Crippen LogP contribution in [-0.4, -0.2) is 0 Å². The summed E-state index contributed by atoms with van der Waals surface area (Å²) in [5.41, 5.74) is 0. The molecule has 3 aromatic rings. The summed E-state index contributed by atoms with van der Waals surface area (Å²) in [6, 6.07) is 19.3. The molecule has 0 aliphatic rings. The second-order valence-corrected chi connectivity index (χ2v) is 3.32. The molecule has 3 aromatic carbocycles. The van der Waals surface area contributed by atoms with E-state index in [1.807, 2.05) is 0 Å². The Kier molecular flexibility index (Phi) is 6.40. The van der Waals surface area contributed by atoms with Crippen LogP contribution in [0.4, 0.5) is 0 Å². The standard InChI is InChI=1S/C13H9.2ClH.Zr/c1-3-7-12-10(5-1)9-11-6-2-4-8-13(11)12;;;/h1-9H;2*1H;/q-1;;;. The average molecular weight is 329 g/mol. The summed E-state index contributed by atoms with van der Waals surface area (Å²) >= 11 is 0. The summed E-state index contributed by atoms with van der Waals surface area (Å²) in [4.78, 5) is 0. The van der Waals surface area contributed by atoms with Crippen molar-refractivity contribution in [2.45, 2.75) is 0 Å². The van der Waals surface area contributed by atoms with Gasteiger partial charge in [0.1, 0.15) is 0 Å². The maximum absolute atomic E-state index is 2.24. The quantitative estimate of drug-likeness (QED) is 0.531. The summed E-state index contributed by atoms with van der Waals surface area (Å²) in [7, 11) is 0. The molecule has 0 atom stereocenters. The summed E-state index contributed by atoms with van der Waals surface area (Å²) in [6.07, 6.45) is 0. The monoisotopic (exact) mass is 327 g/mol. The minimum Gasteiger partial charge on any atom is -0.147 e. The van der Waals surface area contributed by atoms with Crippen LogP contribution >= 0.6 is 24.8 Å². The Morgan fingerprint density at radius 2 is 1.00 bits per heavy atom. The summed E-state index contributed by atoms with van der Waals surface area (Å²) in [5, 5.41) is 5.39. The smallest absolute Gasteiger partial charge is 0 e. The van der Waals surface area contributed by atoms with Crippen molar-refractivity contribution >= 4 is 46.4 Å². The Morgan fingerprint density at radius 1 is 0.625 bits per heavy atom. The van der Waals surface area contributed by atoms with Crippen LogP contribution in [0.1, 0.15) is 0 Å². The van der Waals surface area contributed by atoms with E-state index < -0.39 is 0 Å². The first-order chi connectivity index (χ1) is 6.45. The molecule has 0 aliphatic carbocycles. The van der Waals surface area contributed by atoms with E-state index >= 15 is 0 Å². The van der Waals surface area contributed by atoms with Crippen LogP contribution in [-0.2, 0) is 26.2 Å². The predicted molar refractivity (Wildman–Crippen MR) is 71.5 cm³/mol. The van der Waals surface area contributed by atoms with Crippen LogP contribution < -0.4 is 0 Å². The van der Waals surface area contributed by atoms with Gasteiger partial charge in [-0.1, -0.05) is 36.4 Å². The molecule has 0 nitrogen and oxygen atoms in total. The zero-order valence-electron chi connectivity index (χ0n) is 8.51. The fourth-order valence-electron chi connectivity index (χ4n) is 1.90. The van der Waals surface area contributed by atoms with Gasteiger partial charge in [0.25, 0.3) is 0 Å². The topological polar surface area (TPSA) is 0 Å². The van der Waals surface area contributed by atoms with Gasteiger partial charge in [0.05, 0.1) is 0 Å². The first-order valence-corrected chi connectivity index (χ1v) is 4.48. The van der Waals surface area contributed by atoms with Crippen LogP contribution in [0, 0.1) is 0 Å². The minimum atomic E-state index is 0. The van der Waals surface area contributed by atoms with E-state index in [1.165, 1.54) is 21.5 Å². The number of fused-ring (bicyclic) bond motifs is 3. The number of hydrogen-bond acceptors (Lipinski definition) is 0. The van der Waals surface area contributed by atoms with Gasteiger partial charge in [-0.3, -0.25) is 0 Å². The fourth-order valence-corrected chi connectivity index (χ4v) is 1.90. The third kappa shape index (κ3) is 2.53. The first kappa shape index (κ1) is 15.8. The normalized spacial score (nSPS) is 9.00. The number of rotatable bonds is 0. The molecule has 0 aromatic heterocycles. The molecular formula is C13H11Cl2Zr-. The molecule has 0 bridgehead atoms. The van der Waals surface area contributed by atoms with Crippen molar-refractivity contribution in [3.05, 3.63) is 54.6 Å². The molecule has 0 heterocycles. The maximum Gasteiger partial charge on any atom is 0 e. The van der Waals surface area contributed by atoms with Crippen molar-refractivity contribution in [3.63, 3.8) is 0 Å². The van der Waals surface area contributed by atoms with Crippen molar-refractivity contribution in [3.8, 4) is 0 Å². The van der Waals surface area contributed by atoms with Gasteiger partial charge in [-0.25, -0.2) is 0 Å². The second kappa shape index (κ2) is 6.49. The van der Waals surface area contributed by atoms with Gasteiger partial charge in [-0.15, -0.1) is 64.6 Å². The largest absolute Gasteiger partial charge is 0.147 e. The van der Waals surface area contributed by atoms with Gasteiger partial charge in [0.2, 0.25) is 0 Å². The van der Waals surface area contributed by atoms with Crippen molar-refractivity contribution in [2.24, 2.45) is 0 Å². The Balaban J connectivity index is 0.000000750. The van der Waals surface area contributed by atoms with Crippen molar-refractivity contribution in [1.82, 2.24) is 0 Å². The molecule has 0 N–H and O–H groups in total. The maximum atomic E-state index is 2.24. The number of benzene rings is 2. The van der Waals surface area contributed by atoms with E-state index in [0.29, 0.717) is 0 Å². The first-order valence-electron chi connectivity index (χ1n) is 4.48. The number of hydrogen-bond donors (Lipinski definition) is 0. The van der Waals surface area contributed by atoms with E-state index in [1.54, 1.807) is 0 Å². The van der Waals surface area contributed by atoms with Gasteiger partial charge in [0, 0.05) is 26.2 Å². The molecule has 82 valence electrons. The van der Waals surface area contributed by atoms with Gasteiger partial charge in [-0.05, 0) is 0 Å². The fraction of sp³-hybridized carbons (Fsp3) is 0. The minimum absolute atomic E-state index is 0. The van der Waals surface area contributed by atoms with Gasteiger partial charge in [-0.2, -0.15) is 0 Å². The molecule has 0 amide bonds. The SMILES string of the molecule is Cl.Cl.[Zr].c1ccc2c(c1)[cH-]c1ccccc12. The number of halogens is 2. The summed E-state index contributed by atoms with van der Waals surface area (Å²) < 4.78 is 0. The van der Waals surface area contributed by atoms with Crippen LogP contribution in [0.5, 0.6) is 0 Å². The van der Waals surface area contributed by atoms with Crippen molar-refractivity contribution < 1.29 is 26.2 Å². The molecular weight excluding hydrogens is 318 g/mol. The molecule has 3 rings (SSSR count). The molecule has 3 heteroatoms. The molecule has 0 spiro atoms. The molecule has 0 unspecified atom stereocenters. The summed E-state index contributed by atoms with van der Waals surface area (Å²) in [6.45, 7) is 0. The van der Waals surface area contributed by atoms with Gasteiger partial charge >= 0.3 is 0 Å². The van der Waals surface area contributed by atoms with E-state index in [9.17, 15) is 0 Å². The van der Waals surface area contributed by atoms with E-state index in [-0.39, 0.29) is 51.0 Å². The van der Waals surface area contributed by atoms with Crippen molar-refractivity contribution in [1.29, 1.82) is 0 Å². The van der Waals surface area contributed by atoms with Crippen LogP contribution in [0.15, 0.2) is 54.6 Å². The molecule has 16 heavy (non-hydrogen) atoms. The third-order valence-corrected chi connectivity index (χ3v) is 2.52. The Labute approximate surface area is 126 Å². The third-order valence-electron chi connectivity index (χ3n) is 2.52. The molecule has 0 radical (unpaired) electrons. The molecule has 0 aliphatic heterocycles. The zero-order chi connectivity index (χ0) is 8.67. The van der Waals surface area contributed by atoms with E-state index in [4.69, 9.17) is 0 Å². The van der Waals surface area contributed by atoms with Gasteiger partial charge < -0.3 is 0 Å². The van der Waals surface area contributed by atoms with E-state index in [0.717, 1.165) is 0 Å². The van der Waals surface area contributed by atoms with Crippen LogP contribution in [0.2, 0.25) is 0 Å². The Bertz CT molecular complexity index is 522. The predicted octanol–water partition coefficient (Wildman–Crippen LogP) is 4.55. The molecule has 0 saturated heterocycles. The average Bonchev–Trinajstić information content (AvgIpc) is 2.56. The summed E-state index contributed by atoms with van der Waals surface area (Å²) in [5.74, 6) is 0. The Hall–Kier alpha value is -0.227. The van der Waals surface area contributed by atoms with Crippen LogP contribution in [0.3, 0.4) is 0 Å². The Morgan fingerprint density at radius 3 is 1.44 bits per heavy atom. The van der Waals surface area contributed by atoms with Crippen molar-refractivity contribution in [2.75, 3.05) is 0 Å². The second-order valence-electron chi connectivity index (χ2n) is 3.32.